The second-order valence-corrected chi connectivity index (χ2v) is 4.60. The fourth-order valence-corrected chi connectivity index (χ4v) is 1.41. The summed E-state index contributed by atoms with van der Waals surface area (Å²) in [6.07, 6.45) is 2.99. The molecule has 0 saturated heterocycles. The van der Waals surface area contributed by atoms with Crippen LogP contribution in [0.15, 0.2) is 25.3 Å². The predicted molar refractivity (Wildman–Crippen MR) is 50.4 cm³/mol. The van der Waals surface area contributed by atoms with Crippen molar-refractivity contribution in [1.82, 2.24) is 0 Å². The average molecular weight is 211 g/mol. The van der Waals surface area contributed by atoms with Gasteiger partial charge in [0.25, 0.3) is 0 Å². The standard InChI is InChI=1S/C7H12ClO3P/c1-3-5-7(4-2)11-12(9,10)6-8/h3-4,7H,1-2,5-6H2,(H,9,10). The van der Waals surface area contributed by atoms with Crippen LogP contribution in [0.25, 0.3) is 0 Å². The van der Waals surface area contributed by atoms with E-state index in [0.717, 1.165) is 0 Å². The highest BCUT2D eigenvalue weighted by Gasteiger charge is 2.21. The topological polar surface area (TPSA) is 46.5 Å². The molecule has 3 nitrogen and oxygen atoms in total. The van der Waals surface area contributed by atoms with E-state index in [2.05, 4.69) is 13.2 Å². The van der Waals surface area contributed by atoms with Crippen LogP contribution in [-0.2, 0) is 9.09 Å². The van der Waals surface area contributed by atoms with Crippen molar-refractivity contribution in [3.63, 3.8) is 0 Å². The van der Waals surface area contributed by atoms with Crippen molar-refractivity contribution < 1.29 is 14.0 Å². The van der Waals surface area contributed by atoms with Gasteiger partial charge >= 0.3 is 7.60 Å². The highest BCUT2D eigenvalue weighted by Crippen LogP contribution is 2.44. The molecule has 70 valence electrons. The second kappa shape index (κ2) is 5.55. The lowest BCUT2D eigenvalue weighted by molar-refractivity contribution is 0.216. The van der Waals surface area contributed by atoms with Crippen LogP contribution in [0.2, 0.25) is 0 Å². The zero-order valence-electron chi connectivity index (χ0n) is 6.65. The molecule has 2 unspecified atom stereocenters. The Morgan fingerprint density at radius 1 is 1.67 bits per heavy atom. The van der Waals surface area contributed by atoms with Crippen molar-refractivity contribution in [2.24, 2.45) is 0 Å². The number of hydrogen-bond donors (Lipinski definition) is 1. The Balaban J connectivity index is 4.09. The molecule has 0 saturated carbocycles. The molecule has 0 heterocycles. The fourth-order valence-electron chi connectivity index (χ4n) is 0.586. The normalized spacial score (nSPS) is 17.8. The maximum absolute atomic E-state index is 10.9. The zero-order chi connectivity index (χ0) is 9.61. The molecule has 2 atom stereocenters. The van der Waals surface area contributed by atoms with E-state index in [4.69, 9.17) is 21.0 Å². The highest BCUT2D eigenvalue weighted by atomic mass is 35.5. The molecule has 0 aliphatic rings. The molecule has 0 aromatic rings. The van der Waals surface area contributed by atoms with Gasteiger partial charge in [0.15, 0.2) is 0 Å². The van der Waals surface area contributed by atoms with Gasteiger partial charge in [-0.1, -0.05) is 12.2 Å². The number of halogens is 1. The minimum absolute atomic E-state index is 0.408. The van der Waals surface area contributed by atoms with Crippen LogP contribution in [0.5, 0.6) is 0 Å². The van der Waals surface area contributed by atoms with E-state index in [-0.39, 0.29) is 0 Å². The molecule has 0 radical (unpaired) electrons. The zero-order valence-corrected chi connectivity index (χ0v) is 8.30. The molecule has 0 aliphatic heterocycles. The molecule has 5 heteroatoms. The lowest BCUT2D eigenvalue weighted by atomic mass is 10.2. The van der Waals surface area contributed by atoms with Gasteiger partial charge in [-0.3, -0.25) is 4.57 Å². The summed E-state index contributed by atoms with van der Waals surface area (Å²) in [4.78, 5) is 8.97. The molecule has 0 aliphatic carbocycles. The van der Waals surface area contributed by atoms with Crippen LogP contribution in [0.4, 0.5) is 0 Å². The van der Waals surface area contributed by atoms with E-state index in [0.29, 0.717) is 6.42 Å². The van der Waals surface area contributed by atoms with Gasteiger partial charge in [-0.2, -0.15) is 0 Å². The van der Waals surface area contributed by atoms with Gasteiger partial charge in [-0.05, 0) is 6.42 Å². The van der Waals surface area contributed by atoms with E-state index in [9.17, 15) is 4.57 Å². The monoisotopic (exact) mass is 210 g/mol. The number of hydrogen-bond acceptors (Lipinski definition) is 2. The Bertz CT molecular complexity index is 205. The largest absolute Gasteiger partial charge is 0.343 e. The number of alkyl halides is 1. The van der Waals surface area contributed by atoms with Crippen molar-refractivity contribution in [3.8, 4) is 0 Å². The van der Waals surface area contributed by atoms with Gasteiger partial charge < -0.3 is 9.42 Å². The SMILES string of the molecule is C=CCC(C=C)OP(=O)(O)CCl. The minimum Gasteiger partial charge on any atom is -0.323 e. The first-order valence-corrected chi connectivity index (χ1v) is 5.65. The van der Waals surface area contributed by atoms with Gasteiger partial charge in [0.1, 0.15) is 5.62 Å². The van der Waals surface area contributed by atoms with Crippen molar-refractivity contribution in [3.05, 3.63) is 25.3 Å². The molecular weight excluding hydrogens is 199 g/mol. The summed E-state index contributed by atoms with van der Waals surface area (Å²) in [5.74, 6) is 0. The Morgan fingerprint density at radius 2 is 2.25 bits per heavy atom. The van der Waals surface area contributed by atoms with E-state index >= 15 is 0 Å². The van der Waals surface area contributed by atoms with Gasteiger partial charge in [-0.25, -0.2) is 0 Å². The fraction of sp³-hybridized carbons (Fsp3) is 0.429. The van der Waals surface area contributed by atoms with E-state index in [1.165, 1.54) is 6.08 Å². The molecule has 0 bridgehead atoms. The smallest absolute Gasteiger partial charge is 0.323 e. The second-order valence-electron chi connectivity index (χ2n) is 2.16. The van der Waals surface area contributed by atoms with Crippen molar-refractivity contribution >= 4 is 19.2 Å². The van der Waals surface area contributed by atoms with E-state index < -0.39 is 19.3 Å². The molecule has 0 aromatic carbocycles. The summed E-state index contributed by atoms with van der Waals surface area (Å²) in [5, 5.41) is 0. The first-order valence-electron chi connectivity index (χ1n) is 3.35. The molecule has 0 rings (SSSR count). The molecule has 0 fully saturated rings. The van der Waals surface area contributed by atoms with Crippen LogP contribution in [-0.4, -0.2) is 16.6 Å². The third kappa shape index (κ3) is 4.73. The molecule has 0 spiro atoms. The van der Waals surface area contributed by atoms with Crippen molar-refractivity contribution in [2.75, 3.05) is 5.62 Å². The van der Waals surface area contributed by atoms with Crippen molar-refractivity contribution in [2.45, 2.75) is 12.5 Å². The summed E-state index contributed by atoms with van der Waals surface area (Å²) < 4.78 is 15.7. The van der Waals surface area contributed by atoms with Crippen LogP contribution >= 0.6 is 19.2 Å². The van der Waals surface area contributed by atoms with Gasteiger partial charge in [-0.15, -0.1) is 24.8 Å². The molecule has 12 heavy (non-hydrogen) atoms. The summed E-state index contributed by atoms with van der Waals surface area (Å²) in [7, 11) is -3.63. The molecule has 0 amide bonds. The summed E-state index contributed by atoms with van der Waals surface area (Å²) in [6, 6.07) is 0. The van der Waals surface area contributed by atoms with Gasteiger partial charge in [0.2, 0.25) is 0 Å². The molecule has 0 aromatic heterocycles. The Hall–Kier alpha value is -0.0800. The minimum atomic E-state index is -3.63. The highest BCUT2D eigenvalue weighted by molar-refractivity contribution is 7.54. The molecule has 1 N–H and O–H groups in total. The summed E-state index contributed by atoms with van der Waals surface area (Å²) >= 11 is 5.20. The third-order valence-electron chi connectivity index (χ3n) is 1.11. The van der Waals surface area contributed by atoms with Crippen LogP contribution in [0.3, 0.4) is 0 Å². The molecular formula is C7H12ClO3P. The van der Waals surface area contributed by atoms with E-state index in [1.807, 2.05) is 0 Å². The Morgan fingerprint density at radius 3 is 2.58 bits per heavy atom. The number of rotatable bonds is 6. The maximum Gasteiger partial charge on any atom is 0.343 e. The van der Waals surface area contributed by atoms with Crippen LogP contribution in [0.1, 0.15) is 6.42 Å². The first-order chi connectivity index (χ1) is 5.55. The van der Waals surface area contributed by atoms with Gasteiger partial charge in [0.05, 0.1) is 6.10 Å². The lowest BCUT2D eigenvalue weighted by Gasteiger charge is -2.14. The Kier molecular flexibility index (Phi) is 5.51. The maximum atomic E-state index is 10.9. The first kappa shape index (κ1) is 11.9. The lowest BCUT2D eigenvalue weighted by Crippen LogP contribution is -2.06. The summed E-state index contributed by atoms with van der Waals surface area (Å²) in [5.41, 5.74) is -0.408. The quantitative estimate of drug-likeness (QED) is 0.416. The summed E-state index contributed by atoms with van der Waals surface area (Å²) in [6.45, 7) is 6.92. The van der Waals surface area contributed by atoms with Crippen LogP contribution in [0, 0.1) is 0 Å². The van der Waals surface area contributed by atoms with Crippen LogP contribution < -0.4 is 0 Å². The average Bonchev–Trinajstić information content (AvgIpc) is 2.03. The van der Waals surface area contributed by atoms with Gasteiger partial charge in [0, 0.05) is 0 Å². The third-order valence-corrected chi connectivity index (χ3v) is 2.92. The predicted octanol–water partition coefficient (Wildman–Crippen LogP) is 2.52. The van der Waals surface area contributed by atoms with Crippen molar-refractivity contribution in [1.29, 1.82) is 0 Å². The Labute approximate surface area is 77.2 Å². The van der Waals surface area contributed by atoms with E-state index in [1.54, 1.807) is 6.08 Å².